The third-order valence-electron chi connectivity index (χ3n) is 6.42. The van der Waals surface area contributed by atoms with Gasteiger partial charge < -0.3 is 4.90 Å². The van der Waals surface area contributed by atoms with Crippen LogP contribution in [0.2, 0.25) is 10.0 Å². The van der Waals surface area contributed by atoms with Crippen LogP contribution in [0.15, 0.2) is 48.5 Å². The number of piperazine rings is 1. The zero-order chi connectivity index (χ0) is 21.4. The molecule has 5 rings (SSSR count). The Hall–Kier alpha value is -1.63. The van der Waals surface area contributed by atoms with Crippen molar-refractivity contribution in [1.82, 2.24) is 14.7 Å². The molecule has 2 aliphatic heterocycles. The number of likely N-dealkylation sites (tertiary alicyclic amines) is 1. The van der Waals surface area contributed by atoms with E-state index in [0.29, 0.717) is 15.9 Å². The van der Waals surface area contributed by atoms with Crippen molar-refractivity contribution < 1.29 is 4.79 Å². The molecule has 7 heteroatoms. The zero-order valence-electron chi connectivity index (χ0n) is 17.3. The van der Waals surface area contributed by atoms with E-state index in [1.807, 2.05) is 41.3 Å². The number of amides is 1. The number of hydrogen-bond donors (Lipinski definition) is 0. The third-order valence-corrected chi connectivity index (χ3v) is 8.34. The predicted octanol–water partition coefficient (Wildman–Crippen LogP) is 5.24. The molecule has 2 fully saturated rings. The third kappa shape index (κ3) is 4.48. The van der Waals surface area contributed by atoms with Gasteiger partial charge in [0.15, 0.2) is 0 Å². The second kappa shape index (κ2) is 9.08. The maximum absolute atomic E-state index is 13.2. The van der Waals surface area contributed by atoms with Crippen LogP contribution in [-0.4, -0.2) is 65.9 Å². The molecular formula is C24H25Cl2N3OS. The number of carbonyl (C=O) groups is 1. The molecule has 162 valence electrons. The maximum Gasteiger partial charge on any atom is 0.265 e. The maximum atomic E-state index is 13.2. The first kappa shape index (κ1) is 21.2. The highest BCUT2D eigenvalue weighted by molar-refractivity contribution is 7.21. The molecule has 3 heterocycles. The molecule has 4 nitrogen and oxygen atoms in total. The van der Waals surface area contributed by atoms with Crippen molar-refractivity contribution in [2.75, 3.05) is 39.3 Å². The van der Waals surface area contributed by atoms with Crippen molar-refractivity contribution in [3.8, 4) is 0 Å². The lowest BCUT2D eigenvalue weighted by Crippen LogP contribution is -2.50. The lowest BCUT2D eigenvalue weighted by molar-refractivity contribution is 0.0738. The molecule has 1 amide bonds. The van der Waals surface area contributed by atoms with Crippen LogP contribution in [-0.2, 0) is 6.54 Å². The summed E-state index contributed by atoms with van der Waals surface area (Å²) < 4.78 is 1.07. The number of hydrogen-bond acceptors (Lipinski definition) is 4. The summed E-state index contributed by atoms with van der Waals surface area (Å²) in [5.41, 5.74) is 1.30. The van der Waals surface area contributed by atoms with Crippen molar-refractivity contribution in [1.29, 1.82) is 0 Å². The van der Waals surface area contributed by atoms with Crippen molar-refractivity contribution in [3.05, 3.63) is 69.0 Å². The summed E-state index contributed by atoms with van der Waals surface area (Å²) in [6.07, 6.45) is 1.03. The van der Waals surface area contributed by atoms with Crippen molar-refractivity contribution in [2.24, 2.45) is 0 Å². The fraction of sp³-hybridized carbons (Fsp3) is 0.375. The largest absolute Gasteiger partial charge is 0.336 e. The van der Waals surface area contributed by atoms with Gasteiger partial charge in [-0.3, -0.25) is 14.6 Å². The van der Waals surface area contributed by atoms with Crippen molar-refractivity contribution in [2.45, 2.75) is 19.0 Å². The van der Waals surface area contributed by atoms with E-state index in [1.54, 1.807) is 0 Å². The van der Waals surface area contributed by atoms with Gasteiger partial charge in [0.25, 0.3) is 5.91 Å². The van der Waals surface area contributed by atoms with E-state index in [4.69, 9.17) is 23.2 Å². The van der Waals surface area contributed by atoms with Crippen LogP contribution in [0, 0.1) is 0 Å². The molecule has 0 radical (unpaired) electrons. The summed E-state index contributed by atoms with van der Waals surface area (Å²) in [6.45, 7) is 6.75. The molecule has 1 unspecified atom stereocenters. The Morgan fingerprint density at radius 1 is 0.968 bits per heavy atom. The molecule has 2 saturated heterocycles. The number of nitrogens with zero attached hydrogens (tertiary/aromatic N) is 3. The first-order valence-electron chi connectivity index (χ1n) is 10.8. The number of carbonyl (C=O) groups excluding carboxylic acids is 1. The van der Waals surface area contributed by atoms with Gasteiger partial charge in [0, 0.05) is 67.0 Å². The summed E-state index contributed by atoms with van der Waals surface area (Å²) in [5, 5.41) is 2.36. The van der Waals surface area contributed by atoms with Crippen molar-refractivity contribution >= 4 is 50.5 Å². The molecule has 31 heavy (non-hydrogen) atoms. The number of rotatable bonds is 4. The van der Waals surface area contributed by atoms with Gasteiger partial charge in [0.2, 0.25) is 0 Å². The number of fused-ring (bicyclic) bond motifs is 1. The lowest BCUT2D eigenvalue weighted by Gasteiger charge is -2.38. The van der Waals surface area contributed by atoms with E-state index in [1.165, 1.54) is 16.9 Å². The van der Waals surface area contributed by atoms with Crippen LogP contribution in [0.3, 0.4) is 0 Å². The second-order valence-electron chi connectivity index (χ2n) is 8.37. The summed E-state index contributed by atoms with van der Waals surface area (Å²) in [5.74, 6) is 0.0788. The minimum absolute atomic E-state index is 0.0788. The summed E-state index contributed by atoms with van der Waals surface area (Å²) in [7, 11) is 0. The summed E-state index contributed by atoms with van der Waals surface area (Å²) >= 11 is 14.0. The molecule has 2 aliphatic rings. The van der Waals surface area contributed by atoms with Crippen LogP contribution in [0.25, 0.3) is 10.1 Å². The predicted molar refractivity (Wildman–Crippen MR) is 129 cm³/mol. The van der Waals surface area contributed by atoms with Crippen molar-refractivity contribution in [3.63, 3.8) is 0 Å². The topological polar surface area (TPSA) is 26.8 Å². The Kier molecular flexibility index (Phi) is 6.22. The molecule has 0 N–H and O–H groups in total. The van der Waals surface area contributed by atoms with E-state index < -0.39 is 0 Å². The zero-order valence-corrected chi connectivity index (χ0v) is 19.6. The summed E-state index contributed by atoms with van der Waals surface area (Å²) in [6, 6.07) is 16.5. The van der Waals surface area contributed by atoms with Crippen LogP contribution in [0.4, 0.5) is 0 Å². The second-order valence-corrected chi connectivity index (χ2v) is 10.2. The highest BCUT2D eigenvalue weighted by Gasteiger charge is 2.33. The first-order chi connectivity index (χ1) is 15.1. The number of benzene rings is 2. The first-order valence-corrected chi connectivity index (χ1v) is 12.3. The van der Waals surface area contributed by atoms with Gasteiger partial charge >= 0.3 is 0 Å². The van der Waals surface area contributed by atoms with Gasteiger partial charge in [0.05, 0.1) is 5.02 Å². The quantitative estimate of drug-likeness (QED) is 0.518. The van der Waals surface area contributed by atoms with Crippen LogP contribution in [0.5, 0.6) is 0 Å². The molecule has 2 aromatic carbocycles. The molecule has 0 aliphatic carbocycles. The number of halogens is 2. The Labute approximate surface area is 196 Å². The van der Waals surface area contributed by atoms with Crippen LogP contribution < -0.4 is 0 Å². The minimum atomic E-state index is 0.0788. The Bertz CT molecular complexity index is 1080. The van der Waals surface area contributed by atoms with Gasteiger partial charge in [-0.1, -0.05) is 53.5 Å². The normalized spacial score (nSPS) is 20.6. The molecule has 0 saturated carbocycles. The molecular weight excluding hydrogens is 449 g/mol. The fourth-order valence-corrected chi connectivity index (χ4v) is 6.26. The van der Waals surface area contributed by atoms with Gasteiger partial charge in [-0.15, -0.1) is 11.3 Å². The smallest absolute Gasteiger partial charge is 0.265 e. The molecule has 1 atom stereocenters. The SMILES string of the molecule is O=C(c1sc2ccccc2c1Cl)N1CCC(N2CCN(Cc3ccc(Cl)cc3)CC2)C1. The highest BCUT2D eigenvalue weighted by Crippen LogP contribution is 2.36. The monoisotopic (exact) mass is 473 g/mol. The van der Waals surface area contributed by atoms with E-state index in [9.17, 15) is 4.79 Å². The van der Waals surface area contributed by atoms with Crippen LogP contribution in [0.1, 0.15) is 21.7 Å². The fourth-order valence-electron chi connectivity index (χ4n) is 4.65. The lowest BCUT2D eigenvalue weighted by atomic mass is 10.1. The molecule has 0 bridgehead atoms. The Balaban J connectivity index is 1.17. The average molecular weight is 474 g/mol. The highest BCUT2D eigenvalue weighted by atomic mass is 35.5. The standard InChI is InChI=1S/C24H25Cl2N3OS/c25-18-7-5-17(6-8-18)15-27-11-13-28(14-12-27)19-9-10-29(16-19)24(30)23-22(26)20-3-1-2-4-21(20)31-23/h1-8,19H,9-16H2. The van der Waals surface area contributed by atoms with Gasteiger partial charge in [-0.2, -0.15) is 0 Å². The average Bonchev–Trinajstić information content (AvgIpc) is 3.41. The summed E-state index contributed by atoms with van der Waals surface area (Å²) in [4.78, 5) is 20.9. The van der Waals surface area contributed by atoms with E-state index in [-0.39, 0.29) is 5.91 Å². The minimum Gasteiger partial charge on any atom is -0.336 e. The van der Waals surface area contributed by atoms with E-state index >= 15 is 0 Å². The Morgan fingerprint density at radius 3 is 2.45 bits per heavy atom. The van der Waals surface area contributed by atoms with E-state index in [0.717, 1.165) is 67.3 Å². The Morgan fingerprint density at radius 2 is 1.71 bits per heavy atom. The van der Waals surface area contributed by atoms with Gasteiger partial charge in [-0.25, -0.2) is 0 Å². The molecule has 0 spiro atoms. The van der Waals surface area contributed by atoms with Crippen LogP contribution >= 0.6 is 34.5 Å². The van der Waals surface area contributed by atoms with Gasteiger partial charge in [-0.05, 0) is 30.2 Å². The number of thiophene rings is 1. The molecule has 1 aromatic heterocycles. The van der Waals surface area contributed by atoms with Gasteiger partial charge in [0.1, 0.15) is 4.88 Å². The van der Waals surface area contributed by atoms with E-state index in [2.05, 4.69) is 21.9 Å². The molecule has 3 aromatic rings.